The highest BCUT2D eigenvalue weighted by atomic mass is 16.5. The number of hydrogen-bond acceptors (Lipinski definition) is 6. The predicted octanol–water partition coefficient (Wildman–Crippen LogP) is 0.105. The first-order valence-corrected chi connectivity index (χ1v) is 6.23. The van der Waals surface area contributed by atoms with Gasteiger partial charge in [0.15, 0.2) is 0 Å². The van der Waals surface area contributed by atoms with Crippen LogP contribution in [-0.2, 0) is 4.74 Å². The maximum atomic E-state index is 9.60. The molecule has 1 aromatic rings. The van der Waals surface area contributed by atoms with Crippen molar-refractivity contribution in [1.29, 1.82) is 5.26 Å². The van der Waals surface area contributed by atoms with Gasteiger partial charge in [0.05, 0.1) is 36.6 Å². The molecule has 0 amide bonds. The second-order valence-corrected chi connectivity index (χ2v) is 4.89. The Labute approximate surface area is 112 Å². The molecule has 6 heteroatoms. The fourth-order valence-corrected chi connectivity index (χ4v) is 2.19. The smallest absolute Gasteiger partial charge is 0.103 e. The van der Waals surface area contributed by atoms with Crippen LogP contribution < -0.4 is 10.6 Å². The zero-order valence-electron chi connectivity index (χ0n) is 10.9. The lowest BCUT2D eigenvalue weighted by Crippen LogP contribution is -2.63. The molecule has 1 aliphatic rings. The molecule has 3 N–H and O–H groups in total. The zero-order valence-corrected chi connectivity index (χ0v) is 10.9. The molecule has 2 rings (SSSR count). The van der Waals surface area contributed by atoms with Gasteiger partial charge in [0.1, 0.15) is 6.07 Å². The van der Waals surface area contributed by atoms with E-state index >= 15 is 0 Å². The van der Waals surface area contributed by atoms with Gasteiger partial charge in [-0.05, 0) is 13.0 Å². The Balaban J connectivity index is 2.06. The van der Waals surface area contributed by atoms with Gasteiger partial charge in [-0.3, -0.25) is 4.98 Å². The molecule has 2 heterocycles. The molecule has 0 aromatic carbocycles. The van der Waals surface area contributed by atoms with Gasteiger partial charge in [-0.2, -0.15) is 5.26 Å². The summed E-state index contributed by atoms with van der Waals surface area (Å²) in [6.07, 6.45) is 3.14. The van der Waals surface area contributed by atoms with Crippen LogP contribution in [0.25, 0.3) is 0 Å². The second kappa shape index (κ2) is 5.97. The number of aromatic nitrogens is 1. The van der Waals surface area contributed by atoms with Crippen LogP contribution in [0.15, 0.2) is 18.5 Å². The average molecular weight is 262 g/mol. The summed E-state index contributed by atoms with van der Waals surface area (Å²) >= 11 is 0. The van der Waals surface area contributed by atoms with Gasteiger partial charge in [-0.15, -0.1) is 0 Å². The SMILES string of the molecule is C[C@@H]1COC[C@@](CO)(CNc2ccncc2C#N)N1. The molecule has 1 aromatic heterocycles. The Bertz CT molecular complexity index is 474. The highest BCUT2D eigenvalue weighted by molar-refractivity contribution is 5.55. The zero-order chi connectivity index (χ0) is 13.7. The van der Waals surface area contributed by atoms with Crippen molar-refractivity contribution in [2.45, 2.75) is 18.5 Å². The standard InChI is InChI=1S/C13H18N4O2/c1-10-6-19-9-13(8-18,17-10)7-16-12-2-3-15-5-11(12)4-14/h2-3,5,10,17-18H,6-9H2,1H3,(H,15,16)/t10-,13+/m1/s1. The normalized spacial score (nSPS) is 26.7. The number of aliphatic hydroxyl groups is 1. The largest absolute Gasteiger partial charge is 0.394 e. The van der Waals surface area contributed by atoms with Crippen LogP contribution in [0.4, 0.5) is 5.69 Å². The highest BCUT2D eigenvalue weighted by Crippen LogP contribution is 2.16. The molecule has 19 heavy (non-hydrogen) atoms. The monoisotopic (exact) mass is 262 g/mol. The van der Waals surface area contributed by atoms with Crippen LogP contribution in [0.5, 0.6) is 0 Å². The molecule has 102 valence electrons. The Morgan fingerprint density at radius 3 is 3.26 bits per heavy atom. The number of anilines is 1. The Kier molecular flexibility index (Phi) is 4.32. The van der Waals surface area contributed by atoms with E-state index in [0.717, 1.165) is 0 Å². The van der Waals surface area contributed by atoms with E-state index in [4.69, 9.17) is 10.00 Å². The molecule has 0 saturated carbocycles. The quantitative estimate of drug-likeness (QED) is 0.713. The lowest BCUT2D eigenvalue weighted by atomic mass is 9.98. The fourth-order valence-electron chi connectivity index (χ4n) is 2.19. The summed E-state index contributed by atoms with van der Waals surface area (Å²) in [6, 6.07) is 4.02. The van der Waals surface area contributed by atoms with Gasteiger partial charge in [-0.1, -0.05) is 0 Å². The van der Waals surface area contributed by atoms with Crippen molar-refractivity contribution in [3.8, 4) is 6.07 Å². The molecular formula is C13H18N4O2. The van der Waals surface area contributed by atoms with Crippen molar-refractivity contribution >= 4 is 5.69 Å². The van der Waals surface area contributed by atoms with Gasteiger partial charge in [-0.25, -0.2) is 0 Å². The number of pyridine rings is 1. The molecular weight excluding hydrogens is 244 g/mol. The third kappa shape index (κ3) is 3.20. The molecule has 0 radical (unpaired) electrons. The topological polar surface area (TPSA) is 90.2 Å². The number of rotatable bonds is 4. The van der Waals surface area contributed by atoms with Gasteiger partial charge < -0.3 is 20.5 Å². The molecule has 1 saturated heterocycles. The predicted molar refractivity (Wildman–Crippen MR) is 70.7 cm³/mol. The van der Waals surface area contributed by atoms with E-state index in [1.54, 1.807) is 12.3 Å². The van der Waals surface area contributed by atoms with Crippen molar-refractivity contribution in [1.82, 2.24) is 10.3 Å². The van der Waals surface area contributed by atoms with Crippen molar-refractivity contribution in [2.24, 2.45) is 0 Å². The molecule has 1 aliphatic heterocycles. The molecule has 0 aliphatic carbocycles. The Morgan fingerprint density at radius 1 is 1.74 bits per heavy atom. The second-order valence-electron chi connectivity index (χ2n) is 4.89. The number of hydrogen-bond donors (Lipinski definition) is 3. The minimum Gasteiger partial charge on any atom is -0.394 e. The molecule has 1 fully saturated rings. The van der Waals surface area contributed by atoms with Gasteiger partial charge in [0.2, 0.25) is 0 Å². The fraction of sp³-hybridized carbons (Fsp3) is 0.538. The molecule has 6 nitrogen and oxygen atoms in total. The summed E-state index contributed by atoms with van der Waals surface area (Å²) < 4.78 is 5.49. The lowest BCUT2D eigenvalue weighted by Gasteiger charge is -2.40. The summed E-state index contributed by atoms with van der Waals surface area (Å²) in [5.41, 5.74) is 0.680. The summed E-state index contributed by atoms with van der Waals surface area (Å²) in [6.45, 7) is 3.54. The van der Waals surface area contributed by atoms with E-state index in [1.807, 2.05) is 6.92 Å². The minimum absolute atomic E-state index is 0.0304. The van der Waals surface area contributed by atoms with E-state index in [2.05, 4.69) is 21.7 Å². The lowest BCUT2D eigenvalue weighted by molar-refractivity contribution is -0.0157. The number of morpholine rings is 1. The van der Waals surface area contributed by atoms with Crippen LogP contribution in [0.1, 0.15) is 12.5 Å². The maximum Gasteiger partial charge on any atom is 0.103 e. The van der Waals surface area contributed by atoms with E-state index in [1.165, 1.54) is 6.20 Å². The van der Waals surface area contributed by atoms with E-state index in [0.29, 0.717) is 31.0 Å². The third-order valence-electron chi connectivity index (χ3n) is 3.16. The number of nitrogens with one attached hydrogen (secondary N) is 2. The first kappa shape index (κ1) is 13.7. The van der Waals surface area contributed by atoms with Gasteiger partial charge in [0.25, 0.3) is 0 Å². The molecule has 2 atom stereocenters. The first-order chi connectivity index (χ1) is 9.19. The average Bonchev–Trinajstić information content (AvgIpc) is 2.45. The summed E-state index contributed by atoms with van der Waals surface area (Å²) in [5, 5.41) is 25.1. The first-order valence-electron chi connectivity index (χ1n) is 6.23. The van der Waals surface area contributed by atoms with Gasteiger partial charge in [0, 0.05) is 25.0 Å². The van der Waals surface area contributed by atoms with Crippen LogP contribution in [-0.4, -0.2) is 48.0 Å². The summed E-state index contributed by atoms with van der Waals surface area (Å²) in [4.78, 5) is 3.91. The summed E-state index contributed by atoms with van der Waals surface area (Å²) in [5.74, 6) is 0. The molecule has 0 bridgehead atoms. The van der Waals surface area contributed by atoms with Crippen LogP contribution in [0, 0.1) is 11.3 Å². The molecule has 0 spiro atoms. The minimum atomic E-state index is -0.520. The van der Waals surface area contributed by atoms with Crippen molar-refractivity contribution in [2.75, 3.05) is 31.7 Å². The Morgan fingerprint density at radius 2 is 2.58 bits per heavy atom. The number of aliphatic hydroxyl groups excluding tert-OH is 1. The number of nitriles is 1. The van der Waals surface area contributed by atoms with E-state index in [-0.39, 0.29) is 12.6 Å². The number of nitrogens with zero attached hydrogens (tertiary/aromatic N) is 2. The Hall–Kier alpha value is -1.68. The van der Waals surface area contributed by atoms with E-state index < -0.39 is 5.54 Å². The highest BCUT2D eigenvalue weighted by Gasteiger charge is 2.34. The third-order valence-corrected chi connectivity index (χ3v) is 3.16. The van der Waals surface area contributed by atoms with Crippen molar-refractivity contribution in [3.05, 3.63) is 24.0 Å². The van der Waals surface area contributed by atoms with Crippen LogP contribution in [0.2, 0.25) is 0 Å². The van der Waals surface area contributed by atoms with E-state index in [9.17, 15) is 5.11 Å². The van der Waals surface area contributed by atoms with Crippen LogP contribution in [0.3, 0.4) is 0 Å². The van der Waals surface area contributed by atoms with Crippen molar-refractivity contribution < 1.29 is 9.84 Å². The maximum absolute atomic E-state index is 9.60. The molecule has 0 unspecified atom stereocenters. The van der Waals surface area contributed by atoms with Gasteiger partial charge >= 0.3 is 0 Å². The van der Waals surface area contributed by atoms with Crippen molar-refractivity contribution in [3.63, 3.8) is 0 Å². The summed E-state index contributed by atoms with van der Waals surface area (Å²) in [7, 11) is 0. The number of ether oxygens (including phenoxy) is 1. The van der Waals surface area contributed by atoms with Crippen LogP contribution >= 0.6 is 0 Å².